The summed E-state index contributed by atoms with van der Waals surface area (Å²) in [6, 6.07) is 14.0. The molecule has 0 unspecified atom stereocenters. The number of hydrogen-bond donors (Lipinski definition) is 1. The predicted octanol–water partition coefficient (Wildman–Crippen LogP) is 4.32. The molecule has 146 valence electrons. The third-order valence-electron chi connectivity index (χ3n) is 5.05. The van der Waals surface area contributed by atoms with Crippen molar-refractivity contribution >= 4 is 16.9 Å². The van der Waals surface area contributed by atoms with E-state index in [2.05, 4.69) is 10.4 Å². The van der Waals surface area contributed by atoms with E-state index in [9.17, 15) is 9.18 Å². The molecule has 1 amide bonds. The highest BCUT2D eigenvalue weighted by molar-refractivity contribution is 6.06. The van der Waals surface area contributed by atoms with Crippen LogP contribution in [0.2, 0.25) is 0 Å². The molecule has 0 atom stereocenters. The monoisotopic (exact) mass is 388 g/mol. The molecule has 6 heteroatoms. The normalized spacial score (nSPS) is 11.0. The number of fused-ring (bicyclic) bond motifs is 1. The van der Waals surface area contributed by atoms with Crippen LogP contribution >= 0.6 is 0 Å². The fourth-order valence-electron chi connectivity index (χ4n) is 3.53. The van der Waals surface area contributed by atoms with Gasteiger partial charge in [0.1, 0.15) is 5.82 Å². The molecular weight excluding hydrogens is 367 g/mol. The second-order valence-corrected chi connectivity index (χ2v) is 7.14. The molecule has 0 radical (unpaired) electrons. The molecule has 5 nitrogen and oxygen atoms in total. The van der Waals surface area contributed by atoms with E-state index in [4.69, 9.17) is 4.98 Å². The molecule has 2 heterocycles. The summed E-state index contributed by atoms with van der Waals surface area (Å²) >= 11 is 0. The number of benzene rings is 2. The molecule has 0 saturated carbocycles. The van der Waals surface area contributed by atoms with E-state index in [1.807, 2.05) is 45.2 Å². The zero-order valence-corrected chi connectivity index (χ0v) is 16.5. The Morgan fingerprint density at radius 3 is 2.48 bits per heavy atom. The smallest absolute Gasteiger partial charge is 0.252 e. The van der Waals surface area contributed by atoms with Gasteiger partial charge in [0.05, 0.1) is 22.8 Å². The number of carbonyl (C=O) groups excluding carboxylic acids is 1. The first-order valence-electron chi connectivity index (χ1n) is 9.36. The van der Waals surface area contributed by atoms with Gasteiger partial charge in [-0.15, -0.1) is 0 Å². The molecular formula is C23H21FN4O. The Kier molecular flexibility index (Phi) is 4.84. The number of rotatable bonds is 4. The predicted molar refractivity (Wildman–Crippen MR) is 111 cm³/mol. The van der Waals surface area contributed by atoms with Crippen LogP contribution < -0.4 is 5.32 Å². The fourth-order valence-corrected chi connectivity index (χ4v) is 3.53. The molecule has 0 aliphatic carbocycles. The minimum Gasteiger partial charge on any atom is -0.348 e. The summed E-state index contributed by atoms with van der Waals surface area (Å²) in [6.07, 6.45) is 1.66. The number of nitrogens with zero attached hydrogens (tertiary/aromatic N) is 3. The van der Waals surface area contributed by atoms with Gasteiger partial charge in [-0.3, -0.25) is 9.48 Å². The lowest BCUT2D eigenvalue weighted by molar-refractivity contribution is 0.0952. The van der Waals surface area contributed by atoms with Gasteiger partial charge < -0.3 is 5.32 Å². The Morgan fingerprint density at radius 1 is 1.10 bits per heavy atom. The number of pyridine rings is 1. The third kappa shape index (κ3) is 3.61. The molecule has 0 saturated heterocycles. The lowest BCUT2D eigenvalue weighted by Gasteiger charge is -2.12. The highest BCUT2D eigenvalue weighted by Crippen LogP contribution is 2.29. The zero-order valence-electron chi connectivity index (χ0n) is 16.5. The summed E-state index contributed by atoms with van der Waals surface area (Å²) in [4.78, 5) is 17.8. The van der Waals surface area contributed by atoms with Crippen molar-refractivity contribution in [3.05, 3.63) is 82.8 Å². The van der Waals surface area contributed by atoms with Crippen LogP contribution in [0.4, 0.5) is 4.39 Å². The second kappa shape index (κ2) is 7.47. The number of carbonyl (C=O) groups is 1. The van der Waals surface area contributed by atoms with Gasteiger partial charge in [-0.25, -0.2) is 9.37 Å². The van der Waals surface area contributed by atoms with Crippen molar-refractivity contribution in [1.29, 1.82) is 0 Å². The van der Waals surface area contributed by atoms with Gasteiger partial charge in [0.25, 0.3) is 5.91 Å². The van der Waals surface area contributed by atoms with E-state index in [1.165, 1.54) is 12.1 Å². The summed E-state index contributed by atoms with van der Waals surface area (Å²) in [6.45, 7) is 4.37. The van der Waals surface area contributed by atoms with Crippen LogP contribution in [-0.4, -0.2) is 20.7 Å². The zero-order chi connectivity index (χ0) is 20.5. The van der Waals surface area contributed by atoms with Crippen LogP contribution in [0.1, 0.15) is 27.0 Å². The average Bonchev–Trinajstić information content (AvgIpc) is 3.07. The first-order chi connectivity index (χ1) is 13.9. The van der Waals surface area contributed by atoms with Crippen molar-refractivity contribution in [2.75, 3.05) is 0 Å². The molecule has 4 rings (SSSR count). The third-order valence-corrected chi connectivity index (χ3v) is 5.05. The lowest BCUT2D eigenvalue weighted by atomic mass is 9.98. The van der Waals surface area contributed by atoms with Crippen LogP contribution in [-0.2, 0) is 13.6 Å². The molecule has 0 bridgehead atoms. The Morgan fingerprint density at radius 2 is 1.79 bits per heavy atom. The highest BCUT2D eigenvalue weighted by Gasteiger charge is 2.18. The molecule has 1 N–H and O–H groups in total. The van der Waals surface area contributed by atoms with Crippen molar-refractivity contribution in [1.82, 2.24) is 20.1 Å². The first kappa shape index (κ1) is 18.8. The van der Waals surface area contributed by atoms with Crippen LogP contribution in [0.25, 0.3) is 22.3 Å². The molecule has 2 aromatic carbocycles. The van der Waals surface area contributed by atoms with Crippen molar-refractivity contribution in [3.63, 3.8) is 0 Å². The van der Waals surface area contributed by atoms with Crippen LogP contribution in [0.5, 0.6) is 0 Å². The minimum atomic E-state index is -0.301. The highest BCUT2D eigenvalue weighted by atomic mass is 19.1. The molecule has 29 heavy (non-hydrogen) atoms. The molecule has 0 aliphatic heterocycles. The van der Waals surface area contributed by atoms with Gasteiger partial charge in [0, 0.05) is 19.2 Å². The van der Waals surface area contributed by atoms with Gasteiger partial charge >= 0.3 is 0 Å². The summed E-state index contributed by atoms with van der Waals surface area (Å²) in [5.41, 5.74) is 5.94. The Labute approximate surface area is 168 Å². The van der Waals surface area contributed by atoms with Crippen LogP contribution in [0, 0.1) is 19.7 Å². The van der Waals surface area contributed by atoms with E-state index in [1.54, 1.807) is 23.0 Å². The minimum absolute atomic E-state index is 0.220. The largest absolute Gasteiger partial charge is 0.348 e. The fraction of sp³-hybridized carbons (Fsp3) is 0.174. The van der Waals surface area contributed by atoms with Crippen LogP contribution in [0.3, 0.4) is 0 Å². The number of hydrogen-bond acceptors (Lipinski definition) is 3. The second-order valence-electron chi connectivity index (χ2n) is 7.14. The quantitative estimate of drug-likeness (QED) is 0.566. The summed E-state index contributed by atoms with van der Waals surface area (Å²) in [7, 11) is 1.81. The van der Waals surface area contributed by atoms with Gasteiger partial charge in [-0.1, -0.05) is 30.3 Å². The molecule has 0 fully saturated rings. The molecule has 4 aromatic rings. The number of nitrogens with one attached hydrogen (secondary N) is 1. The van der Waals surface area contributed by atoms with E-state index in [0.717, 1.165) is 27.9 Å². The van der Waals surface area contributed by atoms with Gasteiger partial charge in [0.15, 0.2) is 5.65 Å². The maximum absolute atomic E-state index is 13.1. The summed E-state index contributed by atoms with van der Waals surface area (Å²) in [5, 5.41) is 7.89. The Hall–Kier alpha value is -3.54. The SMILES string of the molecule is Cc1cccc(C)c1-c1cc(C(=O)NCc2ccc(F)cc2)c2cnn(C)c2n1. The Balaban J connectivity index is 1.75. The Bertz CT molecular complexity index is 1190. The van der Waals surface area contributed by atoms with Crippen LogP contribution in [0.15, 0.2) is 54.7 Å². The van der Waals surface area contributed by atoms with Crippen molar-refractivity contribution in [2.24, 2.45) is 7.05 Å². The maximum Gasteiger partial charge on any atom is 0.252 e. The summed E-state index contributed by atoms with van der Waals surface area (Å²) < 4.78 is 14.8. The van der Waals surface area contributed by atoms with Gasteiger partial charge in [-0.2, -0.15) is 5.10 Å². The number of aromatic nitrogens is 3. The molecule has 2 aromatic heterocycles. The van der Waals surface area contributed by atoms with Crippen molar-refractivity contribution in [2.45, 2.75) is 20.4 Å². The van der Waals surface area contributed by atoms with E-state index >= 15 is 0 Å². The maximum atomic E-state index is 13.1. The average molecular weight is 388 g/mol. The van der Waals surface area contributed by atoms with Crippen molar-refractivity contribution < 1.29 is 9.18 Å². The molecule has 0 aliphatic rings. The van der Waals surface area contributed by atoms with E-state index in [0.29, 0.717) is 23.1 Å². The molecule has 0 spiro atoms. The van der Waals surface area contributed by atoms with E-state index in [-0.39, 0.29) is 11.7 Å². The van der Waals surface area contributed by atoms with Crippen molar-refractivity contribution in [3.8, 4) is 11.3 Å². The number of amides is 1. The van der Waals surface area contributed by atoms with Gasteiger partial charge in [0.2, 0.25) is 0 Å². The first-order valence-corrected chi connectivity index (χ1v) is 9.36. The number of aryl methyl sites for hydroxylation is 3. The summed E-state index contributed by atoms with van der Waals surface area (Å²) in [5.74, 6) is -0.522. The lowest BCUT2D eigenvalue weighted by Crippen LogP contribution is -2.23. The topological polar surface area (TPSA) is 59.8 Å². The standard InChI is InChI=1S/C23H21FN4O/c1-14-5-4-6-15(2)21(14)20-11-18(19-13-26-28(3)22(19)27-20)23(29)25-12-16-7-9-17(24)10-8-16/h4-11,13H,12H2,1-3H3,(H,25,29). The number of halogens is 1. The van der Waals surface area contributed by atoms with Gasteiger partial charge in [-0.05, 0) is 48.7 Å². The van der Waals surface area contributed by atoms with E-state index < -0.39 is 0 Å².